The first-order valence-corrected chi connectivity index (χ1v) is 12.8. The van der Waals surface area contributed by atoms with Crippen molar-refractivity contribution in [2.75, 3.05) is 26.2 Å². The smallest absolute Gasteiger partial charge is 0.262 e. The minimum Gasteiger partial charge on any atom is -0.339 e. The van der Waals surface area contributed by atoms with Crippen LogP contribution in [0.2, 0.25) is 0 Å². The molecule has 2 aromatic rings. The monoisotopic (exact) mass is 442 g/mol. The Hall–Kier alpha value is -1.73. The van der Waals surface area contributed by atoms with Crippen LogP contribution >= 0.6 is 11.3 Å². The van der Waals surface area contributed by atoms with Crippen LogP contribution in [-0.2, 0) is 4.79 Å². The van der Waals surface area contributed by atoms with Crippen LogP contribution in [0.3, 0.4) is 0 Å². The van der Waals surface area contributed by atoms with Gasteiger partial charge in [-0.1, -0.05) is 0 Å². The maximum Gasteiger partial charge on any atom is 0.262 e. The molecule has 1 saturated carbocycles. The van der Waals surface area contributed by atoms with Crippen molar-refractivity contribution in [3.63, 3.8) is 0 Å². The highest BCUT2D eigenvalue weighted by Crippen LogP contribution is 2.41. The first-order chi connectivity index (χ1) is 14.9. The molecule has 0 aromatic carbocycles. The lowest BCUT2D eigenvalue weighted by Crippen LogP contribution is -2.48. The number of rotatable bonds is 4. The molecule has 7 heteroatoms. The molecule has 3 aliphatic rings. The number of carbonyl (C=O) groups is 1. The van der Waals surface area contributed by atoms with Gasteiger partial charge in [0.15, 0.2) is 0 Å². The van der Waals surface area contributed by atoms with E-state index >= 15 is 0 Å². The van der Waals surface area contributed by atoms with Crippen LogP contribution in [0.15, 0.2) is 4.79 Å². The van der Waals surface area contributed by atoms with E-state index in [0.717, 1.165) is 79.8 Å². The van der Waals surface area contributed by atoms with E-state index in [4.69, 9.17) is 4.98 Å². The second kappa shape index (κ2) is 8.32. The Balaban J connectivity index is 1.33. The van der Waals surface area contributed by atoms with Gasteiger partial charge in [-0.25, -0.2) is 4.98 Å². The van der Waals surface area contributed by atoms with Crippen LogP contribution in [0, 0.1) is 13.8 Å². The molecule has 0 radical (unpaired) electrons. The second-order valence-electron chi connectivity index (χ2n) is 9.82. The summed E-state index contributed by atoms with van der Waals surface area (Å²) in [5.41, 5.74) is 1.25. The summed E-state index contributed by atoms with van der Waals surface area (Å²) in [5.74, 6) is 1.73. The number of aromatic nitrogens is 2. The molecule has 4 heterocycles. The van der Waals surface area contributed by atoms with E-state index in [1.54, 1.807) is 11.3 Å². The van der Waals surface area contributed by atoms with Gasteiger partial charge in [-0.3, -0.25) is 19.1 Å². The van der Waals surface area contributed by atoms with E-state index in [2.05, 4.69) is 23.6 Å². The van der Waals surface area contributed by atoms with Crippen molar-refractivity contribution in [2.24, 2.45) is 0 Å². The van der Waals surface area contributed by atoms with Crippen molar-refractivity contribution in [1.82, 2.24) is 19.4 Å². The topological polar surface area (TPSA) is 58.4 Å². The summed E-state index contributed by atoms with van der Waals surface area (Å²) in [4.78, 5) is 37.9. The van der Waals surface area contributed by atoms with E-state index in [1.807, 2.05) is 11.5 Å². The van der Waals surface area contributed by atoms with E-state index in [0.29, 0.717) is 18.5 Å². The van der Waals surface area contributed by atoms with Gasteiger partial charge in [-0.2, -0.15) is 0 Å². The van der Waals surface area contributed by atoms with Gasteiger partial charge in [0.1, 0.15) is 10.7 Å². The van der Waals surface area contributed by atoms with Crippen LogP contribution < -0.4 is 5.56 Å². The lowest BCUT2D eigenvalue weighted by molar-refractivity contribution is -0.136. The predicted octanol–water partition coefficient (Wildman–Crippen LogP) is 3.99. The summed E-state index contributed by atoms with van der Waals surface area (Å²) < 4.78 is 2.05. The number of hydrogen-bond acceptors (Lipinski definition) is 5. The summed E-state index contributed by atoms with van der Waals surface area (Å²) in [6.45, 7) is 9.47. The Bertz CT molecular complexity index is 1050. The molecule has 2 aliphatic heterocycles. The fraction of sp³-hybridized carbons (Fsp3) is 0.708. The average molecular weight is 443 g/mol. The SMILES string of the molecule is Cc1sc2nc(C3CC3)n(C3CCN(CC(=O)N4CCCC[C@H]4C)CC3)c(=O)c2c1C. The molecule has 1 amide bonds. The van der Waals surface area contributed by atoms with Crippen molar-refractivity contribution in [1.29, 1.82) is 0 Å². The summed E-state index contributed by atoms with van der Waals surface area (Å²) in [6, 6.07) is 0.563. The van der Waals surface area contributed by atoms with E-state index in [-0.39, 0.29) is 17.5 Å². The molecule has 1 atom stereocenters. The number of carbonyl (C=O) groups excluding carboxylic acids is 1. The van der Waals surface area contributed by atoms with Crippen molar-refractivity contribution in [3.05, 3.63) is 26.6 Å². The Labute approximate surface area is 188 Å². The molecular formula is C24H34N4O2S. The summed E-state index contributed by atoms with van der Waals surface area (Å²) in [5, 5.41) is 0.823. The molecule has 168 valence electrons. The van der Waals surface area contributed by atoms with Gasteiger partial charge in [-0.05, 0) is 71.3 Å². The molecular weight excluding hydrogens is 408 g/mol. The van der Waals surface area contributed by atoms with E-state index in [1.165, 1.54) is 11.3 Å². The number of aryl methyl sites for hydroxylation is 2. The second-order valence-corrected chi connectivity index (χ2v) is 11.0. The quantitative estimate of drug-likeness (QED) is 0.718. The Morgan fingerprint density at radius 2 is 1.81 bits per heavy atom. The molecule has 31 heavy (non-hydrogen) atoms. The fourth-order valence-electron chi connectivity index (χ4n) is 5.39. The van der Waals surface area contributed by atoms with Gasteiger partial charge in [0.2, 0.25) is 5.91 Å². The molecule has 0 spiro atoms. The summed E-state index contributed by atoms with van der Waals surface area (Å²) in [6.07, 6.45) is 7.59. The van der Waals surface area contributed by atoms with E-state index < -0.39 is 0 Å². The van der Waals surface area contributed by atoms with Crippen LogP contribution in [0.4, 0.5) is 0 Å². The third kappa shape index (κ3) is 3.95. The highest BCUT2D eigenvalue weighted by molar-refractivity contribution is 7.18. The predicted molar refractivity (Wildman–Crippen MR) is 125 cm³/mol. The lowest BCUT2D eigenvalue weighted by atomic mass is 10.0. The number of nitrogens with zero attached hydrogens (tertiary/aromatic N) is 4. The number of fused-ring (bicyclic) bond motifs is 1. The molecule has 1 aliphatic carbocycles. The lowest BCUT2D eigenvalue weighted by Gasteiger charge is -2.37. The zero-order valence-corrected chi connectivity index (χ0v) is 19.8. The maximum absolute atomic E-state index is 13.6. The van der Waals surface area contributed by atoms with Crippen LogP contribution in [0.5, 0.6) is 0 Å². The van der Waals surface area contributed by atoms with Gasteiger partial charge in [-0.15, -0.1) is 11.3 Å². The van der Waals surface area contributed by atoms with Crippen molar-refractivity contribution >= 4 is 27.5 Å². The van der Waals surface area contributed by atoms with Crippen LogP contribution in [0.1, 0.15) is 80.1 Å². The number of amides is 1. The van der Waals surface area contributed by atoms with Gasteiger partial charge < -0.3 is 4.90 Å². The third-order valence-electron chi connectivity index (χ3n) is 7.61. The zero-order chi connectivity index (χ0) is 21.7. The average Bonchev–Trinajstić information content (AvgIpc) is 3.55. The van der Waals surface area contributed by atoms with Crippen LogP contribution in [-0.4, -0.2) is 57.5 Å². The molecule has 2 aromatic heterocycles. The van der Waals surface area contributed by atoms with E-state index in [9.17, 15) is 9.59 Å². The number of thiophene rings is 1. The molecule has 0 unspecified atom stereocenters. The number of likely N-dealkylation sites (tertiary alicyclic amines) is 2. The molecule has 2 saturated heterocycles. The van der Waals surface area contributed by atoms with Crippen molar-refractivity contribution in [3.8, 4) is 0 Å². The molecule has 6 nitrogen and oxygen atoms in total. The van der Waals surface area contributed by atoms with Gasteiger partial charge >= 0.3 is 0 Å². The Morgan fingerprint density at radius 1 is 1.06 bits per heavy atom. The van der Waals surface area contributed by atoms with Crippen LogP contribution in [0.25, 0.3) is 10.2 Å². The van der Waals surface area contributed by atoms with Gasteiger partial charge in [0, 0.05) is 42.5 Å². The Kier molecular flexibility index (Phi) is 5.67. The first kappa shape index (κ1) is 21.1. The largest absolute Gasteiger partial charge is 0.339 e. The summed E-state index contributed by atoms with van der Waals surface area (Å²) >= 11 is 1.65. The number of hydrogen-bond donors (Lipinski definition) is 0. The molecule has 5 rings (SSSR count). The Morgan fingerprint density at radius 3 is 2.48 bits per heavy atom. The third-order valence-corrected chi connectivity index (χ3v) is 8.71. The number of piperidine rings is 2. The minimum atomic E-state index is 0.158. The molecule has 0 bridgehead atoms. The zero-order valence-electron chi connectivity index (χ0n) is 19.0. The molecule has 3 fully saturated rings. The fourth-order valence-corrected chi connectivity index (χ4v) is 6.42. The summed E-state index contributed by atoms with van der Waals surface area (Å²) in [7, 11) is 0. The normalized spacial score (nSPS) is 23.6. The van der Waals surface area contributed by atoms with Crippen molar-refractivity contribution < 1.29 is 4.79 Å². The standard InChI is InChI=1S/C24H34N4O2S/c1-15-6-4-5-11-27(15)20(29)14-26-12-9-19(10-13-26)28-22(18-7-8-18)25-23-21(24(28)30)16(2)17(3)31-23/h15,18-19H,4-14H2,1-3H3/t15-/m1/s1. The van der Waals surface area contributed by atoms with Crippen molar-refractivity contribution in [2.45, 2.75) is 83.7 Å². The highest BCUT2D eigenvalue weighted by atomic mass is 32.1. The molecule has 0 N–H and O–H groups in total. The van der Waals surface area contributed by atoms with Gasteiger partial charge in [0.05, 0.1) is 11.9 Å². The minimum absolute atomic E-state index is 0.158. The highest BCUT2D eigenvalue weighted by Gasteiger charge is 2.34. The van der Waals surface area contributed by atoms with Gasteiger partial charge in [0.25, 0.3) is 5.56 Å². The first-order valence-electron chi connectivity index (χ1n) is 12.0. The maximum atomic E-state index is 13.6.